The van der Waals surface area contributed by atoms with Crippen LogP contribution in [-0.2, 0) is 9.53 Å². The van der Waals surface area contributed by atoms with E-state index in [1.165, 1.54) is 0 Å². The van der Waals surface area contributed by atoms with Gasteiger partial charge in [0, 0.05) is 10.8 Å². The molecule has 2 unspecified atom stereocenters. The minimum atomic E-state index is -1.62. The zero-order valence-corrected chi connectivity index (χ0v) is 11.3. The summed E-state index contributed by atoms with van der Waals surface area (Å²) in [4.78, 5) is 11.3. The van der Waals surface area contributed by atoms with E-state index in [0.717, 1.165) is 23.5 Å². The van der Waals surface area contributed by atoms with Crippen LogP contribution in [0.2, 0.25) is 0 Å². The van der Waals surface area contributed by atoms with Gasteiger partial charge in [-0.05, 0) is 23.8 Å². The number of furan rings is 1. The lowest BCUT2D eigenvalue weighted by molar-refractivity contribution is -0.156. The second kappa shape index (κ2) is 5.20. The maximum atomic E-state index is 11.3. The second-order valence-corrected chi connectivity index (χ2v) is 4.77. The molecule has 2 atom stereocenters. The van der Waals surface area contributed by atoms with Crippen molar-refractivity contribution in [2.75, 3.05) is 7.11 Å². The van der Waals surface area contributed by atoms with Crippen molar-refractivity contribution in [3.63, 3.8) is 0 Å². The van der Waals surface area contributed by atoms with Crippen LogP contribution >= 0.6 is 0 Å². The Bertz CT molecular complexity index is 805. The monoisotopic (exact) mass is 286 g/mol. The standard InChI is InChI=1S/C16H14O5/c1-20-16(19)15(18)14(17)9-6-7-13-11(8-9)10-4-2-3-5-12(10)21-13/h2-8,14-15,17-18H,1H3. The number of ether oxygens (including phenoxy) is 1. The van der Waals surface area contributed by atoms with Crippen LogP contribution in [-0.4, -0.2) is 29.4 Å². The van der Waals surface area contributed by atoms with Gasteiger partial charge in [0.05, 0.1) is 7.11 Å². The van der Waals surface area contributed by atoms with Gasteiger partial charge in [-0.25, -0.2) is 4.79 Å². The molecular formula is C16H14O5. The first kappa shape index (κ1) is 13.6. The molecule has 0 fully saturated rings. The normalized spacial score (nSPS) is 14.2. The quantitative estimate of drug-likeness (QED) is 0.721. The predicted molar refractivity (Wildman–Crippen MR) is 76.7 cm³/mol. The van der Waals surface area contributed by atoms with Crippen molar-refractivity contribution in [1.82, 2.24) is 0 Å². The van der Waals surface area contributed by atoms with Crippen molar-refractivity contribution in [2.45, 2.75) is 12.2 Å². The number of carbonyl (C=O) groups excluding carboxylic acids is 1. The van der Waals surface area contributed by atoms with Crippen LogP contribution in [0.4, 0.5) is 0 Å². The second-order valence-electron chi connectivity index (χ2n) is 4.77. The van der Waals surface area contributed by atoms with E-state index in [-0.39, 0.29) is 0 Å². The summed E-state index contributed by atoms with van der Waals surface area (Å²) in [5.41, 5.74) is 1.85. The predicted octanol–water partition coefficient (Wildman–Crippen LogP) is 2.15. The molecule has 2 N–H and O–H groups in total. The van der Waals surface area contributed by atoms with Crippen molar-refractivity contribution in [3.8, 4) is 0 Å². The summed E-state index contributed by atoms with van der Waals surface area (Å²) in [6, 6.07) is 12.6. The molecule has 3 aromatic rings. The highest BCUT2D eigenvalue weighted by Crippen LogP contribution is 2.31. The van der Waals surface area contributed by atoms with Gasteiger partial charge in [-0.15, -0.1) is 0 Å². The SMILES string of the molecule is COC(=O)C(O)C(O)c1ccc2oc3ccccc3c2c1. The summed E-state index contributed by atoms with van der Waals surface area (Å²) in [6.07, 6.45) is -2.97. The van der Waals surface area contributed by atoms with Crippen molar-refractivity contribution in [3.05, 3.63) is 48.0 Å². The smallest absolute Gasteiger partial charge is 0.337 e. The Morgan fingerprint density at radius 3 is 2.57 bits per heavy atom. The summed E-state index contributed by atoms with van der Waals surface area (Å²) in [7, 11) is 1.16. The van der Waals surface area contributed by atoms with Crippen molar-refractivity contribution < 1.29 is 24.2 Å². The molecule has 5 nitrogen and oxygen atoms in total. The molecule has 0 aliphatic heterocycles. The Morgan fingerprint density at radius 1 is 1.10 bits per heavy atom. The number of carbonyl (C=O) groups is 1. The van der Waals surface area contributed by atoms with Crippen LogP contribution in [0.15, 0.2) is 46.9 Å². The number of benzene rings is 2. The lowest BCUT2D eigenvalue weighted by atomic mass is 10.0. The summed E-state index contributed by atoms with van der Waals surface area (Å²) >= 11 is 0. The summed E-state index contributed by atoms with van der Waals surface area (Å²) in [5.74, 6) is -0.875. The van der Waals surface area contributed by atoms with Crippen LogP contribution in [0, 0.1) is 0 Å². The zero-order valence-electron chi connectivity index (χ0n) is 11.3. The van der Waals surface area contributed by atoms with Crippen LogP contribution < -0.4 is 0 Å². The van der Waals surface area contributed by atoms with Crippen molar-refractivity contribution in [1.29, 1.82) is 0 Å². The first-order valence-electron chi connectivity index (χ1n) is 6.47. The number of aliphatic hydroxyl groups is 2. The van der Waals surface area contributed by atoms with Gasteiger partial charge in [-0.2, -0.15) is 0 Å². The molecule has 0 aliphatic carbocycles. The van der Waals surface area contributed by atoms with E-state index in [9.17, 15) is 15.0 Å². The van der Waals surface area contributed by atoms with Crippen molar-refractivity contribution >= 4 is 27.9 Å². The molecule has 0 saturated carbocycles. The van der Waals surface area contributed by atoms with Crippen LogP contribution in [0.3, 0.4) is 0 Å². The first-order chi connectivity index (χ1) is 10.1. The van der Waals surface area contributed by atoms with Gasteiger partial charge < -0.3 is 19.4 Å². The maximum absolute atomic E-state index is 11.3. The largest absolute Gasteiger partial charge is 0.467 e. The third-order valence-corrected chi connectivity index (χ3v) is 3.48. The topological polar surface area (TPSA) is 79.9 Å². The number of aliphatic hydroxyl groups excluding tert-OH is 2. The number of methoxy groups -OCH3 is 1. The highest BCUT2D eigenvalue weighted by atomic mass is 16.5. The third kappa shape index (κ3) is 2.26. The summed E-state index contributed by atoms with van der Waals surface area (Å²) in [5, 5.41) is 21.5. The summed E-state index contributed by atoms with van der Waals surface area (Å²) in [6.45, 7) is 0. The Morgan fingerprint density at radius 2 is 1.81 bits per heavy atom. The molecule has 21 heavy (non-hydrogen) atoms. The fourth-order valence-electron chi connectivity index (χ4n) is 2.36. The van der Waals surface area contributed by atoms with Gasteiger partial charge in [-0.1, -0.05) is 24.3 Å². The molecule has 2 aromatic carbocycles. The molecule has 5 heteroatoms. The number of fused-ring (bicyclic) bond motifs is 3. The van der Waals surface area contributed by atoms with Gasteiger partial charge in [0.1, 0.15) is 17.3 Å². The number of hydrogen-bond acceptors (Lipinski definition) is 5. The Hall–Kier alpha value is -2.37. The minimum absolute atomic E-state index is 0.423. The summed E-state index contributed by atoms with van der Waals surface area (Å²) < 4.78 is 10.1. The molecule has 0 radical (unpaired) electrons. The van der Waals surface area contributed by atoms with Crippen LogP contribution in [0.1, 0.15) is 11.7 Å². The lowest BCUT2D eigenvalue weighted by Crippen LogP contribution is -2.28. The highest BCUT2D eigenvalue weighted by molar-refractivity contribution is 6.05. The van der Waals surface area contributed by atoms with Crippen LogP contribution in [0.25, 0.3) is 21.9 Å². The average molecular weight is 286 g/mol. The fraction of sp³-hybridized carbons (Fsp3) is 0.188. The molecule has 0 bridgehead atoms. The Labute approximate surface area is 120 Å². The van der Waals surface area contributed by atoms with Crippen molar-refractivity contribution in [2.24, 2.45) is 0 Å². The van der Waals surface area contributed by atoms with E-state index < -0.39 is 18.2 Å². The highest BCUT2D eigenvalue weighted by Gasteiger charge is 2.26. The minimum Gasteiger partial charge on any atom is -0.467 e. The molecule has 0 amide bonds. The van der Waals surface area contributed by atoms with E-state index in [0.29, 0.717) is 11.1 Å². The van der Waals surface area contributed by atoms with E-state index >= 15 is 0 Å². The zero-order chi connectivity index (χ0) is 15.0. The number of rotatable bonds is 3. The molecular weight excluding hydrogens is 272 g/mol. The van der Waals surface area contributed by atoms with Crippen LogP contribution in [0.5, 0.6) is 0 Å². The number of hydrogen-bond donors (Lipinski definition) is 2. The molecule has 3 rings (SSSR count). The van der Waals surface area contributed by atoms with Gasteiger partial charge >= 0.3 is 5.97 Å². The maximum Gasteiger partial charge on any atom is 0.337 e. The van der Waals surface area contributed by atoms with E-state index in [2.05, 4.69) is 4.74 Å². The van der Waals surface area contributed by atoms with Gasteiger partial charge in [0.2, 0.25) is 0 Å². The Balaban J connectivity index is 2.08. The molecule has 0 saturated heterocycles. The van der Waals surface area contributed by atoms with Gasteiger partial charge in [0.25, 0.3) is 0 Å². The number of esters is 1. The number of para-hydroxylation sites is 1. The average Bonchev–Trinajstić information content (AvgIpc) is 2.90. The third-order valence-electron chi connectivity index (χ3n) is 3.48. The molecule has 1 aromatic heterocycles. The van der Waals surface area contributed by atoms with E-state index in [4.69, 9.17) is 4.42 Å². The van der Waals surface area contributed by atoms with Gasteiger partial charge in [-0.3, -0.25) is 0 Å². The molecule has 108 valence electrons. The molecule has 0 spiro atoms. The fourth-order valence-corrected chi connectivity index (χ4v) is 2.36. The first-order valence-corrected chi connectivity index (χ1v) is 6.47. The Kier molecular flexibility index (Phi) is 3.37. The molecule has 0 aliphatic rings. The lowest BCUT2D eigenvalue weighted by Gasteiger charge is -2.15. The van der Waals surface area contributed by atoms with Gasteiger partial charge in [0.15, 0.2) is 6.10 Å². The van der Waals surface area contributed by atoms with E-state index in [1.807, 2.05) is 24.3 Å². The molecule has 1 heterocycles. The van der Waals surface area contributed by atoms with E-state index in [1.54, 1.807) is 18.2 Å².